The van der Waals surface area contributed by atoms with E-state index in [1.807, 2.05) is 36.4 Å². The Kier molecular flexibility index (Phi) is 6.00. The van der Waals surface area contributed by atoms with Crippen LogP contribution in [-0.4, -0.2) is 11.7 Å². The SMILES string of the molecule is CC(=O)Nc1ccc(/C=C/C(=O)c2ccc(C3CCCCC3)cc2)cc1. The predicted molar refractivity (Wildman–Crippen MR) is 106 cm³/mol. The highest BCUT2D eigenvalue weighted by atomic mass is 16.1. The van der Waals surface area contributed by atoms with Crippen molar-refractivity contribution in [1.82, 2.24) is 0 Å². The van der Waals surface area contributed by atoms with Gasteiger partial charge in [-0.2, -0.15) is 0 Å². The highest BCUT2D eigenvalue weighted by Gasteiger charge is 2.15. The second-order valence-electron chi connectivity index (χ2n) is 6.96. The molecule has 3 heteroatoms. The van der Waals surface area contributed by atoms with Crippen LogP contribution < -0.4 is 5.32 Å². The van der Waals surface area contributed by atoms with E-state index in [0.29, 0.717) is 5.92 Å². The van der Waals surface area contributed by atoms with Gasteiger partial charge in [-0.15, -0.1) is 0 Å². The Morgan fingerprint density at radius 1 is 0.923 bits per heavy atom. The third kappa shape index (κ3) is 4.92. The van der Waals surface area contributed by atoms with Crippen molar-refractivity contribution in [3.8, 4) is 0 Å². The van der Waals surface area contributed by atoms with Gasteiger partial charge in [0.2, 0.25) is 5.91 Å². The Morgan fingerprint density at radius 3 is 2.19 bits per heavy atom. The quantitative estimate of drug-likeness (QED) is 0.566. The fourth-order valence-corrected chi connectivity index (χ4v) is 3.50. The number of benzene rings is 2. The van der Waals surface area contributed by atoms with Gasteiger partial charge < -0.3 is 5.32 Å². The molecule has 3 nitrogen and oxygen atoms in total. The van der Waals surface area contributed by atoms with Crippen molar-refractivity contribution in [2.75, 3.05) is 5.32 Å². The lowest BCUT2D eigenvalue weighted by Crippen LogP contribution is -2.05. The maximum atomic E-state index is 12.4. The summed E-state index contributed by atoms with van der Waals surface area (Å²) in [6.07, 6.45) is 9.91. The molecule has 2 aromatic carbocycles. The fraction of sp³-hybridized carbons (Fsp3) is 0.304. The Morgan fingerprint density at radius 2 is 1.58 bits per heavy atom. The first-order chi connectivity index (χ1) is 12.6. The van der Waals surface area contributed by atoms with E-state index < -0.39 is 0 Å². The van der Waals surface area contributed by atoms with E-state index in [-0.39, 0.29) is 11.7 Å². The van der Waals surface area contributed by atoms with Crippen LogP contribution in [0.15, 0.2) is 54.6 Å². The van der Waals surface area contributed by atoms with Crippen LogP contribution in [0.3, 0.4) is 0 Å². The number of hydrogen-bond donors (Lipinski definition) is 1. The monoisotopic (exact) mass is 347 g/mol. The third-order valence-corrected chi connectivity index (χ3v) is 4.93. The van der Waals surface area contributed by atoms with Crippen molar-refractivity contribution in [2.24, 2.45) is 0 Å². The van der Waals surface area contributed by atoms with E-state index in [9.17, 15) is 9.59 Å². The van der Waals surface area contributed by atoms with Crippen molar-refractivity contribution < 1.29 is 9.59 Å². The molecule has 1 aliphatic rings. The minimum Gasteiger partial charge on any atom is -0.326 e. The normalized spacial score (nSPS) is 15.1. The molecule has 1 N–H and O–H groups in total. The van der Waals surface area contributed by atoms with E-state index in [1.165, 1.54) is 44.6 Å². The Labute approximate surface area is 155 Å². The molecule has 2 aromatic rings. The van der Waals surface area contributed by atoms with Gasteiger partial charge in [0.1, 0.15) is 0 Å². The number of nitrogens with one attached hydrogen (secondary N) is 1. The van der Waals surface area contributed by atoms with Gasteiger partial charge in [-0.25, -0.2) is 0 Å². The molecule has 1 saturated carbocycles. The Bertz CT molecular complexity index is 782. The van der Waals surface area contributed by atoms with Crippen LogP contribution in [0.1, 0.15) is 66.4 Å². The zero-order valence-corrected chi connectivity index (χ0v) is 15.2. The molecule has 26 heavy (non-hydrogen) atoms. The number of rotatable bonds is 5. The first-order valence-electron chi connectivity index (χ1n) is 9.32. The molecule has 134 valence electrons. The van der Waals surface area contributed by atoms with Crippen LogP contribution >= 0.6 is 0 Å². The van der Waals surface area contributed by atoms with Crippen molar-refractivity contribution in [3.05, 3.63) is 71.3 Å². The summed E-state index contributed by atoms with van der Waals surface area (Å²) in [6, 6.07) is 15.5. The summed E-state index contributed by atoms with van der Waals surface area (Å²) in [6.45, 7) is 1.48. The highest BCUT2D eigenvalue weighted by Crippen LogP contribution is 2.32. The number of carbonyl (C=O) groups is 2. The highest BCUT2D eigenvalue weighted by molar-refractivity contribution is 6.06. The number of ketones is 1. The van der Waals surface area contributed by atoms with E-state index in [0.717, 1.165) is 16.8 Å². The summed E-state index contributed by atoms with van der Waals surface area (Å²) >= 11 is 0. The van der Waals surface area contributed by atoms with Gasteiger partial charge >= 0.3 is 0 Å². The van der Waals surface area contributed by atoms with Crippen molar-refractivity contribution in [2.45, 2.75) is 44.9 Å². The molecule has 0 unspecified atom stereocenters. The first-order valence-corrected chi connectivity index (χ1v) is 9.32. The van der Waals surface area contributed by atoms with Crippen LogP contribution in [-0.2, 0) is 4.79 Å². The molecule has 0 bridgehead atoms. The minimum atomic E-state index is -0.0971. The molecule has 0 aromatic heterocycles. The average molecular weight is 347 g/mol. The van der Waals surface area contributed by atoms with E-state index >= 15 is 0 Å². The second kappa shape index (κ2) is 8.61. The molecule has 0 aliphatic heterocycles. The lowest BCUT2D eigenvalue weighted by Gasteiger charge is -2.21. The predicted octanol–water partition coefficient (Wildman–Crippen LogP) is 5.59. The molecule has 0 spiro atoms. The van der Waals surface area contributed by atoms with Gasteiger partial charge in [0, 0.05) is 18.2 Å². The smallest absolute Gasteiger partial charge is 0.221 e. The summed E-state index contributed by atoms with van der Waals surface area (Å²) in [5.41, 5.74) is 3.75. The maximum absolute atomic E-state index is 12.4. The van der Waals surface area contributed by atoms with Crippen LogP contribution in [0.25, 0.3) is 6.08 Å². The largest absolute Gasteiger partial charge is 0.326 e. The van der Waals surface area contributed by atoms with E-state index in [1.54, 1.807) is 12.2 Å². The number of carbonyl (C=O) groups excluding carboxylic acids is 2. The number of anilines is 1. The summed E-state index contributed by atoms with van der Waals surface area (Å²) < 4.78 is 0. The van der Waals surface area contributed by atoms with Crippen molar-refractivity contribution in [3.63, 3.8) is 0 Å². The van der Waals surface area contributed by atoms with Crippen LogP contribution in [0.2, 0.25) is 0 Å². The number of hydrogen-bond acceptors (Lipinski definition) is 2. The van der Waals surface area contributed by atoms with Gasteiger partial charge in [0.15, 0.2) is 5.78 Å². The van der Waals surface area contributed by atoms with E-state index in [2.05, 4.69) is 17.4 Å². The number of amides is 1. The molecule has 0 heterocycles. The zero-order chi connectivity index (χ0) is 18.4. The number of allylic oxidation sites excluding steroid dienone is 1. The maximum Gasteiger partial charge on any atom is 0.221 e. The van der Waals surface area contributed by atoms with E-state index in [4.69, 9.17) is 0 Å². The van der Waals surface area contributed by atoms with Gasteiger partial charge in [-0.05, 0) is 48.1 Å². The van der Waals surface area contributed by atoms with Crippen LogP contribution in [0.5, 0.6) is 0 Å². The lowest BCUT2D eigenvalue weighted by atomic mass is 9.84. The topological polar surface area (TPSA) is 46.2 Å². The van der Waals surface area contributed by atoms with Crippen LogP contribution in [0, 0.1) is 0 Å². The fourth-order valence-electron chi connectivity index (χ4n) is 3.50. The molecule has 1 aliphatic carbocycles. The molecular weight excluding hydrogens is 322 g/mol. The molecule has 0 saturated heterocycles. The van der Waals surface area contributed by atoms with Gasteiger partial charge in [-0.3, -0.25) is 9.59 Å². The Balaban J connectivity index is 1.61. The molecule has 3 rings (SSSR count). The molecule has 1 fully saturated rings. The molecular formula is C23H25NO2. The first kappa shape index (κ1) is 18.1. The van der Waals surface area contributed by atoms with Gasteiger partial charge in [-0.1, -0.05) is 61.7 Å². The van der Waals surface area contributed by atoms with Gasteiger partial charge in [0.05, 0.1) is 0 Å². The zero-order valence-electron chi connectivity index (χ0n) is 15.2. The summed E-state index contributed by atoms with van der Waals surface area (Å²) in [7, 11) is 0. The van der Waals surface area contributed by atoms with Crippen molar-refractivity contribution in [1.29, 1.82) is 0 Å². The molecule has 1 amide bonds. The summed E-state index contributed by atoms with van der Waals surface area (Å²) in [4.78, 5) is 23.4. The molecule has 0 radical (unpaired) electrons. The molecule has 0 atom stereocenters. The van der Waals surface area contributed by atoms with Gasteiger partial charge in [0.25, 0.3) is 0 Å². The third-order valence-electron chi connectivity index (χ3n) is 4.93. The minimum absolute atomic E-state index is 0.00568. The average Bonchev–Trinajstić information content (AvgIpc) is 2.67. The summed E-state index contributed by atoms with van der Waals surface area (Å²) in [5, 5.41) is 2.72. The lowest BCUT2D eigenvalue weighted by molar-refractivity contribution is -0.114. The second-order valence-corrected chi connectivity index (χ2v) is 6.96. The van der Waals surface area contributed by atoms with Crippen LogP contribution in [0.4, 0.5) is 5.69 Å². The summed E-state index contributed by atoms with van der Waals surface area (Å²) in [5.74, 6) is 0.567. The standard InChI is InChI=1S/C23H25NO2/c1-17(25)24-22-14-7-18(8-15-22)9-16-23(26)21-12-10-20(11-13-21)19-5-3-2-4-6-19/h7-16,19H,2-6H2,1H3,(H,24,25)/b16-9+. The van der Waals surface area contributed by atoms with Crippen molar-refractivity contribution >= 4 is 23.5 Å². The Hall–Kier alpha value is -2.68.